The van der Waals surface area contributed by atoms with E-state index in [2.05, 4.69) is 33.5 Å². The van der Waals surface area contributed by atoms with Gasteiger partial charge >= 0.3 is 0 Å². The van der Waals surface area contributed by atoms with Gasteiger partial charge in [-0.05, 0) is 49.2 Å². The van der Waals surface area contributed by atoms with Crippen LogP contribution in [-0.4, -0.2) is 26.0 Å². The summed E-state index contributed by atoms with van der Waals surface area (Å²) in [7, 11) is 0. The van der Waals surface area contributed by atoms with Gasteiger partial charge in [0.25, 0.3) is 0 Å². The lowest BCUT2D eigenvalue weighted by Crippen LogP contribution is -2.23. The van der Waals surface area contributed by atoms with E-state index in [0.29, 0.717) is 6.04 Å². The maximum Gasteiger partial charge on any atom is 0.138 e. The monoisotopic (exact) mass is 350 g/mol. The first-order valence-corrected chi connectivity index (χ1v) is 9.22. The zero-order valence-electron chi connectivity index (χ0n) is 15.0. The normalized spacial score (nSPS) is 17.7. The molecule has 0 aliphatic carbocycles. The van der Waals surface area contributed by atoms with E-state index in [0.717, 1.165) is 55.3 Å². The summed E-state index contributed by atoms with van der Waals surface area (Å²) in [6.45, 7) is 3.96. The Balaban J connectivity index is 1.58. The quantitative estimate of drug-likeness (QED) is 0.688. The fourth-order valence-corrected chi connectivity index (χ4v) is 3.74. The molecule has 3 aromatic rings. The molecule has 0 radical (unpaired) electrons. The highest BCUT2D eigenvalue weighted by atomic mass is 19.1. The van der Waals surface area contributed by atoms with Crippen molar-refractivity contribution in [3.63, 3.8) is 0 Å². The number of likely N-dealkylation sites (tertiary alicyclic amines) is 1. The van der Waals surface area contributed by atoms with Gasteiger partial charge in [0.15, 0.2) is 0 Å². The van der Waals surface area contributed by atoms with Crippen molar-refractivity contribution in [2.24, 2.45) is 0 Å². The minimum atomic E-state index is -0.187. The first kappa shape index (κ1) is 16.9. The van der Waals surface area contributed by atoms with Gasteiger partial charge in [-0.15, -0.1) is 0 Å². The van der Waals surface area contributed by atoms with Crippen molar-refractivity contribution >= 4 is 0 Å². The van der Waals surface area contributed by atoms with Crippen LogP contribution in [0.2, 0.25) is 0 Å². The van der Waals surface area contributed by atoms with Crippen LogP contribution in [0.25, 0.3) is 5.82 Å². The second-order valence-electron chi connectivity index (χ2n) is 6.74. The SMILES string of the molecule is CCc1nccn1-c1cccc([C@@H]2CCCN2Cc2ccc(F)cc2)n1. The summed E-state index contributed by atoms with van der Waals surface area (Å²) in [6, 6.07) is 13.3. The van der Waals surface area contributed by atoms with E-state index in [4.69, 9.17) is 4.98 Å². The predicted molar refractivity (Wildman–Crippen MR) is 99.5 cm³/mol. The molecule has 1 aliphatic rings. The lowest BCUT2D eigenvalue weighted by molar-refractivity contribution is 0.244. The summed E-state index contributed by atoms with van der Waals surface area (Å²) in [4.78, 5) is 11.8. The molecular formula is C21H23FN4. The number of rotatable bonds is 5. The van der Waals surface area contributed by atoms with Crippen molar-refractivity contribution in [1.29, 1.82) is 0 Å². The Morgan fingerprint density at radius 3 is 2.81 bits per heavy atom. The Morgan fingerprint density at radius 2 is 2.00 bits per heavy atom. The third-order valence-corrected chi connectivity index (χ3v) is 5.04. The van der Waals surface area contributed by atoms with Crippen LogP contribution in [0, 0.1) is 5.82 Å². The molecule has 0 spiro atoms. The molecule has 4 nitrogen and oxygen atoms in total. The van der Waals surface area contributed by atoms with E-state index in [9.17, 15) is 4.39 Å². The Kier molecular flexibility index (Phi) is 4.80. The summed E-state index contributed by atoms with van der Waals surface area (Å²) < 4.78 is 15.2. The first-order chi connectivity index (χ1) is 12.7. The van der Waals surface area contributed by atoms with Crippen molar-refractivity contribution in [3.05, 3.63) is 77.8 Å². The number of aryl methyl sites for hydroxylation is 1. The molecule has 0 N–H and O–H groups in total. The summed E-state index contributed by atoms with van der Waals surface area (Å²) in [5.41, 5.74) is 2.23. The summed E-state index contributed by atoms with van der Waals surface area (Å²) >= 11 is 0. The topological polar surface area (TPSA) is 34.0 Å². The van der Waals surface area contributed by atoms with Crippen molar-refractivity contribution in [2.45, 2.75) is 38.8 Å². The number of aromatic nitrogens is 3. The molecule has 3 heterocycles. The molecule has 4 rings (SSSR count). The van der Waals surface area contributed by atoms with E-state index in [1.165, 1.54) is 12.1 Å². The number of benzene rings is 1. The van der Waals surface area contributed by atoms with Gasteiger partial charge in [-0.1, -0.05) is 25.1 Å². The highest BCUT2D eigenvalue weighted by Crippen LogP contribution is 2.32. The molecule has 1 aromatic carbocycles. The molecule has 5 heteroatoms. The van der Waals surface area contributed by atoms with E-state index in [1.807, 2.05) is 30.6 Å². The standard InChI is InChI=1S/C21H23FN4/c1-2-20-23-12-14-26(20)21-7-3-5-18(24-21)19-6-4-13-25(19)15-16-8-10-17(22)11-9-16/h3,5,7-12,14,19H,2,4,6,13,15H2,1H3/t19-/m0/s1. The lowest BCUT2D eigenvalue weighted by atomic mass is 10.1. The highest BCUT2D eigenvalue weighted by Gasteiger charge is 2.27. The number of hydrogen-bond donors (Lipinski definition) is 0. The highest BCUT2D eigenvalue weighted by molar-refractivity contribution is 5.28. The molecular weight excluding hydrogens is 327 g/mol. The van der Waals surface area contributed by atoms with Crippen LogP contribution in [0.15, 0.2) is 54.9 Å². The molecule has 1 aliphatic heterocycles. The van der Waals surface area contributed by atoms with Crippen LogP contribution in [0.1, 0.15) is 42.9 Å². The summed E-state index contributed by atoms with van der Waals surface area (Å²) in [5, 5.41) is 0. The van der Waals surface area contributed by atoms with Gasteiger partial charge in [0.05, 0.1) is 11.7 Å². The molecule has 0 bridgehead atoms. The van der Waals surface area contributed by atoms with Gasteiger partial charge < -0.3 is 0 Å². The molecule has 1 fully saturated rings. The second kappa shape index (κ2) is 7.38. The average molecular weight is 350 g/mol. The van der Waals surface area contributed by atoms with Crippen LogP contribution in [0.3, 0.4) is 0 Å². The van der Waals surface area contributed by atoms with Crippen molar-refractivity contribution < 1.29 is 4.39 Å². The van der Waals surface area contributed by atoms with Crippen LogP contribution in [-0.2, 0) is 13.0 Å². The van der Waals surface area contributed by atoms with Gasteiger partial charge in [-0.3, -0.25) is 9.47 Å². The number of nitrogens with zero attached hydrogens (tertiary/aromatic N) is 4. The molecule has 1 atom stereocenters. The van der Waals surface area contributed by atoms with Crippen LogP contribution >= 0.6 is 0 Å². The van der Waals surface area contributed by atoms with E-state index in [1.54, 1.807) is 0 Å². The largest absolute Gasteiger partial charge is 0.291 e. The van der Waals surface area contributed by atoms with Gasteiger partial charge in [0.2, 0.25) is 0 Å². The number of pyridine rings is 1. The first-order valence-electron chi connectivity index (χ1n) is 9.22. The summed E-state index contributed by atoms with van der Waals surface area (Å²) in [5.74, 6) is 1.75. The molecule has 0 unspecified atom stereocenters. The lowest BCUT2D eigenvalue weighted by Gasteiger charge is -2.24. The fraction of sp³-hybridized carbons (Fsp3) is 0.333. The van der Waals surface area contributed by atoms with E-state index < -0.39 is 0 Å². The van der Waals surface area contributed by atoms with Crippen molar-refractivity contribution in [1.82, 2.24) is 19.4 Å². The number of halogens is 1. The summed E-state index contributed by atoms with van der Waals surface area (Å²) in [6.07, 6.45) is 6.92. The van der Waals surface area contributed by atoms with Crippen LogP contribution < -0.4 is 0 Å². The third kappa shape index (κ3) is 3.40. The fourth-order valence-electron chi connectivity index (χ4n) is 3.74. The maximum atomic E-state index is 13.2. The third-order valence-electron chi connectivity index (χ3n) is 5.04. The molecule has 2 aromatic heterocycles. The average Bonchev–Trinajstić information content (AvgIpc) is 3.33. The Labute approximate surface area is 153 Å². The predicted octanol–water partition coefficient (Wildman–Crippen LogP) is 4.31. The van der Waals surface area contributed by atoms with Gasteiger partial charge in [-0.25, -0.2) is 14.4 Å². The minimum absolute atomic E-state index is 0.187. The minimum Gasteiger partial charge on any atom is -0.291 e. The van der Waals surface area contributed by atoms with Crippen LogP contribution in [0.4, 0.5) is 4.39 Å². The molecule has 0 saturated carbocycles. The van der Waals surface area contributed by atoms with E-state index >= 15 is 0 Å². The molecule has 134 valence electrons. The van der Waals surface area contributed by atoms with Crippen molar-refractivity contribution in [2.75, 3.05) is 6.54 Å². The van der Waals surface area contributed by atoms with Gasteiger partial charge in [-0.2, -0.15) is 0 Å². The maximum absolute atomic E-state index is 13.2. The van der Waals surface area contributed by atoms with E-state index in [-0.39, 0.29) is 5.82 Å². The number of hydrogen-bond acceptors (Lipinski definition) is 3. The second-order valence-corrected chi connectivity index (χ2v) is 6.74. The Hall–Kier alpha value is -2.53. The zero-order valence-corrected chi connectivity index (χ0v) is 15.0. The molecule has 0 amide bonds. The molecule has 1 saturated heterocycles. The number of imidazole rings is 1. The zero-order chi connectivity index (χ0) is 17.9. The molecule has 26 heavy (non-hydrogen) atoms. The smallest absolute Gasteiger partial charge is 0.138 e. The Morgan fingerprint density at radius 1 is 1.15 bits per heavy atom. The van der Waals surface area contributed by atoms with Crippen LogP contribution in [0.5, 0.6) is 0 Å². The van der Waals surface area contributed by atoms with Gasteiger partial charge in [0.1, 0.15) is 17.5 Å². The Bertz CT molecular complexity index is 872. The van der Waals surface area contributed by atoms with Gasteiger partial charge in [0, 0.05) is 25.4 Å². The van der Waals surface area contributed by atoms with Crippen molar-refractivity contribution in [3.8, 4) is 5.82 Å².